The Morgan fingerprint density at radius 3 is 2.37 bits per heavy atom. The predicted octanol–water partition coefficient (Wildman–Crippen LogP) is 3.81. The number of hydrogen-bond donors (Lipinski definition) is 1. The van der Waals surface area contributed by atoms with Crippen molar-refractivity contribution in [2.75, 3.05) is 13.1 Å². The lowest BCUT2D eigenvalue weighted by atomic mass is 9.86. The Labute approximate surface area is 120 Å². The van der Waals surface area contributed by atoms with E-state index >= 15 is 0 Å². The van der Waals surface area contributed by atoms with Crippen LogP contribution in [-0.4, -0.2) is 36.1 Å². The van der Waals surface area contributed by atoms with Gasteiger partial charge in [-0.3, -0.25) is 4.90 Å². The summed E-state index contributed by atoms with van der Waals surface area (Å²) in [7, 11) is 0. The Morgan fingerprint density at radius 2 is 1.79 bits per heavy atom. The monoisotopic (exact) mass is 266 g/mol. The lowest BCUT2D eigenvalue weighted by Gasteiger charge is -2.40. The van der Waals surface area contributed by atoms with E-state index in [-0.39, 0.29) is 0 Å². The molecule has 0 saturated heterocycles. The summed E-state index contributed by atoms with van der Waals surface area (Å²) in [5.41, 5.74) is 0.464. The van der Waals surface area contributed by atoms with E-state index in [2.05, 4.69) is 37.9 Å². The highest BCUT2D eigenvalue weighted by atomic mass is 15.2. The van der Waals surface area contributed by atoms with Crippen molar-refractivity contribution < 1.29 is 0 Å². The molecule has 0 aliphatic heterocycles. The van der Waals surface area contributed by atoms with Crippen molar-refractivity contribution in [2.24, 2.45) is 5.41 Å². The molecule has 2 aliphatic rings. The first kappa shape index (κ1) is 15.3. The van der Waals surface area contributed by atoms with Crippen LogP contribution < -0.4 is 5.32 Å². The molecule has 19 heavy (non-hydrogen) atoms. The molecule has 0 spiro atoms. The summed E-state index contributed by atoms with van der Waals surface area (Å²) in [5, 5.41) is 3.87. The summed E-state index contributed by atoms with van der Waals surface area (Å²) in [5.74, 6) is 0. The molecule has 0 radical (unpaired) electrons. The molecular weight excluding hydrogens is 232 g/mol. The molecule has 2 fully saturated rings. The van der Waals surface area contributed by atoms with Crippen LogP contribution in [0.5, 0.6) is 0 Å². The molecule has 1 N–H and O–H groups in total. The Balaban J connectivity index is 2.06. The van der Waals surface area contributed by atoms with Crippen molar-refractivity contribution in [1.29, 1.82) is 0 Å². The third kappa shape index (κ3) is 3.33. The Morgan fingerprint density at radius 1 is 1.11 bits per heavy atom. The molecule has 2 atom stereocenters. The molecule has 0 aromatic carbocycles. The van der Waals surface area contributed by atoms with Crippen LogP contribution >= 0.6 is 0 Å². The van der Waals surface area contributed by atoms with E-state index in [0.717, 1.165) is 12.1 Å². The third-order valence-corrected chi connectivity index (χ3v) is 5.51. The lowest BCUT2D eigenvalue weighted by molar-refractivity contribution is 0.106. The molecule has 2 saturated carbocycles. The molecule has 2 unspecified atom stereocenters. The maximum absolute atomic E-state index is 3.87. The largest absolute Gasteiger partial charge is 0.312 e. The molecule has 2 heteroatoms. The van der Waals surface area contributed by atoms with Crippen LogP contribution in [0.25, 0.3) is 0 Å². The van der Waals surface area contributed by atoms with Gasteiger partial charge in [0.25, 0.3) is 0 Å². The number of nitrogens with one attached hydrogen (secondary N) is 1. The van der Waals surface area contributed by atoms with Crippen LogP contribution in [0.1, 0.15) is 72.6 Å². The minimum atomic E-state index is 0.464. The summed E-state index contributed by atoms with van der Waals surface area (Å²) in [6, 6.07) is 2.33. The van der Waals surface area contributed by atoms with Crippen LogP contribution in [0.3, 0.4) is 0 Å². The second-order valence-corrected chi connectivity index (χ2v) is 7.30. The Hall–Kier alpha value is -0.0800. The van der Waals surface area contributed by atoms with Crippen LogP contribution in [0.15, 0.2) is 0 Å². The van der Waals surface area contributed by atoms with Gasteiger partial charge in [0.05, 0.1) is 0 Å². The number of hydrogen-bond acceptors (Lipinski definition) is 2. The van der Waals surface area contributed by atoms with Gasteiger partial charge in [0.1, 0.15) is 0 Å². The van der Waals surface area contributed by atoms with Crippen molar-refractivity contribution in [2.45, 2.75) is 90.8 Å². The zero-order valence-corrected chi connectivity index (χ0v) is 13.5. The fourth-order valence-corrected chi connectivity index (χ4v) is 4.43. The van der Waals surface area contributed by atoms with E-state index in [0.29, 0.717) is 11.5 Å². The Bertz CT molecular complexity index is 268. The van der Waals surface area contributed by atoms with Gasteiger partial charge in [-0.2, -0.15) is 0 Å². The van der Waals surface area contributed by atoms with Gasteiger partial charge >= 0.3 is 0 Å². The maximum Gasteiger partial charge on any atom is 0.0274 e. The molecule has 0 aromatic rings. The van der Waals surface area contributed by atoms with E-state index in [1.165, 1.54) is 58.0 Å². The van der Waals surface area contributed by atoms with E-state index in [4.69, 9.17) is 0 Å². The summed E-state index contributed by atoms with van der Waals surface area (Å²) in [6.07, 6.45) is 9.78. The summed E-state index contributed by atoms with van der Waals surface area (Å²) in [6.45, 7) is 12.0. The van der Waals surface area contributed by atoms with E-state index in [1.807, 2.05) is 0 Å². The molecular formula is C17H34N2. The predicted molar refractivity (Wildman–Crippen MR) is 83.5 cm³/mol. The van der Waals surface area contributed by atoms with E-state index in [1.54, 1.807) is 0 Å². The number of rotatable bonds is 6. The lowest BCUT2D eigenvalue weighted by Crippen LogP contribution is -2.54. The van der Waals surface area contributed by atoms with Crippen LogP contribution in [0.2, 0.25) is 0 Å². The van der Waals surface area contributed by atoms with Gasteiger partial charge in [-0.05, 0) is 50.6 Å². The highest BCUT2D eigenvalue weighted by Gasteiger charge is 2.45. The highest BCUT2D eigenvalue weighted by Crippen LogP contribution is 2.41. The van der Waals surface area contributed by atoms with Crippen LogP contribution in [0.4, 0.5) is 0 Å². The van der Waals surface area contributed by atoms with Gasteiger partial charge in [0.2, 0.25) is 0 Å². The van der Waals surface area contributed by atoms with Crippen molar-refractivity contribution in [3.05, 3.63) is 0 Å². The minimum Gasteiger partial charge on any atom is -0.312 e. The topological polar surface area (TPSA) is 15.3 Å². The SMILES string of the molecule is CCCNC1C(N(CC)C2CCCC2)CCC1(C)C. The summed E-state index contributed by atoms with van der Waals surface area (Å²) >= 11 is 0. The molecule has 2 rings (SSSR count). The van der Waals surface area contributed by atoms with Crippen LogP contribution in [0, 0.1) is 5.41 Å². The van der Waals surface area contributed by atoms with Crippen molar-refractivity contribution in [3.63, 3.8) is 0 Å². The first-order chi connectivity index (χ1) is 9.10. The van der Waals surface area contributed by atoms with Gasteiger partial charge in [0.15, 0.2) is 0 Å². The first-order valence-corrected chi connectivity index (χ1v) is 8.59. The van der Waals surface area contributed by atoms with E-state index < -0.39 is 0 Å². The molecule has 0 aromatic heterocycles. The molecule has 0 bridgehead atoms. The summed E-state index contributed by atoms with van der Waals surface area (Å²) < 4.78 is 0. The van der Waals surface area contributed by atoms with Crippen molar-refractivity contribution in [3.8, 4) is 0 Å². The fraction of sp³-hybridized carbons (Fsp3) is 1.00. The molecule has 0 amide bonds. The van der Waals surface area contributed by atoms with E-state index in [9.17, 15) is 0 Å². The average Bonchev–Trinajstić information content (AvgIpc) is 2.98. The fourth-order valence-electron chi connectivity index (χ4n) is 4.43. The zero-order chi connectivity index (χ0) is 13.9. The molecule has 112 valence electrons. The van der Waals surface area contributed by atoms with Gasteiger partial charge < -0.3 is 5.32 Å². The van der Waals surface area contributed by atoms with Crippen LogP contribution in [-0.2, 0) is 0 Å². The minimum absolute atomic E-state index is 0.464. The number of nitrogens with zero attached hydrogens (tertiary/aromatic N) is 1. The number of likely N-dealkylation sites (N-methyl/N-ethyl adjacent to an activating group) is 1. The average molecular weight is 266 g/mol. The van der Waals surface area contributed by atoms with Gasteiger partial charge in [-0.1, -0.05) is 40.5 Å². The first-order valence-electron chi connectivity index (χ1n) is 8.59. The van der Waals surface area contributed by atoms with Gasteiger partial charge in [-0.15, -0.1) is 0 Å². The third-order valence-electron chi connectivity index (χ3n) is 5.51. The van der Waals surface area contributed by atoms with Crippen molar-refractivity contribution in [1.82, 2.24) is 10.2 Å². The zero-order valence-electron chi connectivity index (χ0n) is 13.5. The smallest absolute Gasteiger partial charge is 0.0274 e. The second kappa shape index (κ2) is 6.58. The highest BCUT2D eigenvalue weighted by molar-refractivity contribution is 5.02. The van der Waals surface area contributed by atoms with Gasteiger partial charge in [0, 0.05) is 18.1 Å². The maximum atomic E-state index is 3.87. The molecule has 2 nitrogen and oxygen atoms in total. The normalized spacial score (nSPS) is 31.4. The standard InChI is InChI=1S/C17H34N2/c1-5-13-18-16-15(11-12-17(16,3)4)19(6-2)14-9-7-8-10-14/h14-16,18H,5-13H2,1-4H3. The Kier molecular flexibility index (Phi) is 5.30. The molecule has 2 aliphatic carbocycles. The molecule has 0 heterocycles. The summed E-state index contributed by atoms with van der Waals surface area (Å²) in [4.78, 5) is 2.84. The second-order valence-electron chi connectivity index (χ2n) is 7.30. The quantitative estimate of drug-likeness (QED) is 0.786. The van der Waals surface area contributed by atoms with Crippen molar-refractivity contribution >= 4 is 0 Å². The van der Waals surface area contributed by atoms with Gasteiger partial charge in [-0.25, -0.2) is 0 Å².